The lowest BCUT2D eigenvalue weighted by Crippen LogP contribution is -2.43. The molecule has 0 radical (unpaired) electrons. The van der Waals surface area contributed by atoms with Crippen molar-refractivity contribution in [3.63, 3.8) is 0 Å². The summed E-state index contributed by atoms with van der Waals surface area (Å²) in [6, 6.07) is 14.1. The lowest BCUT2D eigenvalue weighted by Gasteiger charge is -2.33. The first-order valence-electron chi connectivity index (χ1n) is 10.6. The Morgan fingerprint density at radius 2 is 2.00 bits per heavy atom. The number of rotatable bonds is 4. The third kappa shape index (κ3) is 3.90. The molecule has 4 aromatic rings. The van der Waals surface area contributed by atoms with Crippen LogP contribution in [0.3, 0.4) is 0 Å². The average Bonchev–Trinajstić information content (AvgIpc) is 3.15. The average molecular weight is 445 g/mol. The van der Waals surface area contributed by atoms with Gasteiger partial charge < -0.3 is 21.7 Å². The van der Waals surface area contributed by atoms with E-state index in [4.69, 9.17) is 11.5 Å². The molecule has 7 nitrogen and oxygen atoms in total. The molecule has 1 aliphatic heterocycles. The number of aromatic nitrogens is 2. The van der Waals surface area contributed by atoms with E-state index >= 15 is 0 Å². The van der Waals surface area contributed by atoms with Gasteiger partial charge in [-0.1, -0.05) is 30.3 Å². The minimum Gasteiger partial charge on any atom is -0.390 e. The smallest absolute Gasteiger partial charge is 0.260 e. The van der Waals surface area contributed by atoms with Crippen LogP contribution >= 0.6 is 11.3 Å². The zero-order valence-electron chi connectivity index (χ0n) is 17.5. The highest BCUT2D eigenvalue weighted by molar-refractivity contribution is 7.23. The molecule has 1 fully saturated rings. The van der Waals surface area contributed by atoms with Crippen molar-refractivity contribution < 1.29 is 4.79 Å². The minimum atomic E-state index is -0.288. The largest absolute Gasteiger partial charge is 0.390 e. The fourth-order valence-corrected chi connectivity index (χ4v) is 5.14. The maximum Gasteiger partial charge on any atom is 0.260 e. The Morgan fingerprint density at radius 3 is 2.81 bits per heavy atom. The van der Waals surface area contributed by atoms with Gasteiger partial charge >= 0.3 is 0 Å². The molecular weight excluding hydrogens is 420 g/mol. The highest BCUT2D eigenvalue weighted by atomic mass is 32.1. The topological polar surface area (TPSA) is 110 Å². The van der Waals surface area contributed by atoms with E-state index in [2.05, 4.69) is 20.2 Å². The summed E-state index contributed by atoms with van der Waals surface area (Å²) >= 11 is 1.37. The fraction of sp³-hybridized carbons (Fsp3) is 0.208. The zero-order chi connectivity index (χ0) is 22.1. The van der Waals surface area contributed by atoms with E-state index in [1.54, 1.807) is 18.6 Å². The molecule has 0 unspecified atom stereocenters. The molecule has 8 heteroatoms. The maximum atomic E-state index is 13.3. The van der Waals surface area contributed by atoms with Gasteiger partial charge in [-0.3, -0.25) is 14.8 Å². The van der Waals surface area contributed by atoms with Gasteiger partial charge in [-0.25, -0.2) is 0 Å². The van der Waals surface area contributed by atoms with Crippen molar-refractivity contribution in [3.05, 3.63) is 66.6 Å². The summed E-state index contributed by atoms with van der Waals surface area (Å²) in [5.74, 6) is -0.288. The first-order chi connectivity index (χ1) is 15.6. The van der Waals surface area contributed by atoms with Crippen LogP contribution in [0.15, 0.2) is 61.1 Å². The first-order valence-corrected chi connectivity index (χ1v) is 11.4. The summed E-state index contributed by atoms with van der Waals surface area (Å²) in [4.78, 5) is 24.3. The molecule has 1 amide bonds. The van der Waals surface area contributed by atoms with E-state index in [-0.39, 0.29) is 11.9 Å². The maximum absolute atomic E-state index is 13.3. The van der Waals surface area contributed by atoms with Crippen LogP contribution in [-0.2, 0) is 0 Å². The number of piperidine rings is 1. The molecule has 1 atom stereocenters. The van der Waals surface area contributed by atoms with Crippen LogP contribution in [0.4, 0.5) is 16.4 Å². The summed E-state index contributed by atoms with van der Waals surface area (Å²) in [5, 5.41) is 3.45. The third-order valence-corrected chi connectivity index (χ3v) is 6.69. The number of hydrogen-bond acceptors (Lipinski definition) is 7. The van der Waals surface area contributed by atoms with Crippen molar-refractivity contribution in [1.82, 2.24) is 9.97 Å². The van der Waals surface area contributed by atoms with Gasteiger partial charge in [-0.05, 0) is 30.5 Å². The van der Waals surface area contributed by atoms with E-state index in [1.807, 2.05) is 42.5 Å². The Kier molecular flexibility index (Phi) is 5.46. The van der Waals surface area contributed by atoms with Crippen molar-refractivity contribution in [2.75, 3.05) is 29.0 Å². The summed E-state index contributed by atoms with van der Waals surface area (Å²) in [6.45, 7) is 1.65. The number of carbonyl (C=O) groups is 1. The molecule has 0 aliphatic carbocycles. The molecule has 162 valence electrons. The number of carbonyl (C=O) groups excluding carboxylic acids is 1. The molecule has 3 aromatic heterocycles. The Labute approximate surface area is 190 Å². The summed E-state index contributed by atoms with van der Waals surface area (Å²) in [5.41, 5.74) is 17.1. The number of nitrogens with two attached hydrogens (primary N) is 2. The van der Waals surface area contributed by atoms with Gasteiger partial charge in [0.05, 0.1) is 27.8 Å². The molecule has 5 rings (SSSR count). The second kappa shape index (κ2) is 8.57. The van der Waals surface area contributed by atoms with Crippen LogP contribution in [0.1, 0.15) is 23.2 Å². The molecule has 1 saturated heterocycles. The van der Waals surface area contributed by atoms with Gasteiger partial charge in [0.15, 0.2) is 0 Å². The number of nitrogens with one attached hydrogen (secondary N) is 1. The summed E-state index contributed by atoms with van der Waals surface area (Å²) in [6.07, 6.45) is 7.21. The second-order valence-electron chi connectivity index (χ2n) is 7.97. The van der Waals surface area contributed by atoms with Crippen LogP contribution < -0.4 is 21.7 Å². The van der Waals surface area contributed by atoms with Gasteiger partial charge in [0.25, 0.3) is 5.91 Å². The summed E-state index contributed by atoms with van der Waals surface area (Å²) in [7, 11) is 0. The Morgan fingerprint density at radius 1 is 1.16 bits per heavy atom. The van der Waals surface area contributed by atoms with Crippen molar-refractivity contribution in [1.29, 1.82) is 0 Å². The molecule has 5 N–H and O–H groups in total. The highest BCUT2D eigenvalue weighted by Gasteiger charge is 2.23. The monoisotopic (exact) mass is 444 g/mol. The Hall–Kier alpha value is -3.49. The number of amides is 1. The van der Waals surface area contributed by atoms with E-state index in [0.29, 0.717) is 21.8 Å². The van der Waals surface area contributed by atoms with Crippen molar-refractivity contribution in [3.8, 4) is 11.1 Å². The molecule has 0 saturated carbocycles. The van der Waals surface area contributed by atoms with Crippen LogP contribution in [0.5, 0.6) is 0 Å². The number of anilines is 3. The van der Waals surface area contributed by atoms with Crippen molar-refractivity contribution in [2.45, 2.75) is 18.9 Å². The fourth-order valence-electron chi connectivity index (χ4n) is 4.18. The molecule has 0 bridgehead atoms. The Balaban J connectivity index is 1.45. The predicted octanol–water partition coefficient (Wildman–Crippen LogP) is 4.12. The number of nitrogen functional groups attached to an aromatic ring is 1. The van der Waals surface area contributed by atoms with Gasteiger partial charge in [-0.2, -0.15) is 0 Å². The van der Waals surface area contributed by atoms with Gasteiger partial charge in [0, 0.05) is 37.1 Å². The number of fused-ring (bicyclic) bond motifs is 1. The van der Waals surface area contributed by atoms with E-state index in [9.17, 15) is 4.79 Å². The predicted molar refractivity (Wildman–Crippen MR) is 131 cm³/mol. The first kappa shape index (κ1) is 20.4. The quantitative estimate of drug-likeness (QED) is 0.437. The minimum absolute atomic E-state index is 0.125. The SMILES string of the molecule is Nc1sc2cc(-c3ccccc3)cnc2c1C(=O)Nc1cnccc1N1CCC[C@@H](N)C1. The lowest BCUT2D eigenvalue weighted by molar-refractivity contribution is 0.102. The van der Waals surface area contributed by atoms with Crippen LogP contribution in [0.25, 0.3) is 21.3 Å². The van der Waals surface area contributed by atoms with E-state index in [1.165, 1.54) is 11.3 Å². The molecule has 1 aliphatic rings. The number of hydrogen-bond donors (Lipinski definition) is 3. The Bertz CT molecular complexity index is 1270. The zero-order valence-corrected chi connectivity index (χ0v) is 18.3. The molecule has 32 heavy (non-hydrogen) atoms. The van der Waals surface area contributed by atoms with Gasteiger partial charge in [0.1, 0.15) is 10.6 Å². The van der Waals surface area contributed by atoms with Gasteiger partial charge in [0.2, 0.25) is 0 Å². The normalized spacial score (nSPS) is 16.3. The molecular formula is C24H24N6OS. The molecule has 0 spiro atoms. The molecule has 4 heterocycles. The third-order valence-electron chi connectivity index (χ3n) is 5.73. The van der Waals surface area contributed by atoms with E-state index < -0.39 is 0 Å². The lowest BCUT2D eigenvalue weighted by atomic mass is 10.1. The molecule has 1 aromatic carbocycles. The number of benzene rings is 1. The van der Waals surface area contributed by atoms with Crippen LogP contribution in [-0.4, -0.2) is 35.0 Å². The highest BCUT2D eigenvalue weighted by Crippen LogP contribution is 2.36. The number of pyridine rings is 2. The van der Waals surface area contributed by atoms with Crippen molar-refractivity contribution in [2.24, 2.45) is 5.73 Å². The van der Waals surface area contributed by atoms with Crippen molar-refractivity contribution >= 4 is 43.8 Å². The van der Waals surface area contributed by atoms with Crippen LogP contribution in [0, 0.1) is 0 Å². The van der Waals surface area contributed by atoms with Gasteiger partial charge in [-0.15, -0.1) is 11.3 Å². The summed E-state index contributed by atoms with van der Waals surface area (Å²) < 4.78 is 0.877. The number of nitrogens with zero attached hydrogens (tertiary/aromatic N) is 3. The number of thiophene rings is 1. The standard InChI is InChI=1S/C24H24N6OS/c25-17-7-4-10-30(14-17)19-8-9-27-13-18(19)29-24(31)21-22-20(32-23(21)26)11-16(12-28-22)15-5-2-1-3-6-15/h1-3,5-6,8-9,11-13,17H,4,7,10,14,25-26H2,(H,29,31)/t17-/m1/s1. The van der Waals surface area contributed by atoms with Crippen LogP contribution in [0.2, 0.25) is 0 Å². The van der Waals surface area contributed by atoms with E-state index in [0.717, 1.165) is 47.4 Å². The second-order valence-corrected chi connectivity index (χ2v) is 9.06.